The lowest BCUT2D eigenvalue weighted by atomic mass is 9.84. The predicted octanol–water partition coefficient (Wildman–Crippen LogP) is -1.13. The van der Waals surface area contributed by atoms with E-state index in [1.165, 1.54) is 7.11 Å². The van der Waals surface area contributed by atoms with Gasteiger partial charge in [-0.2, -0.15) is 0 Å². The molecule has 0 spiro atoms. The van der Waals surface area contributed by atoms with Gasteiger partial charge in [0.15, 0.2) is 0 Å². The molecule has 2 unspecified atom stereocenters. The molecule has 0 bridgehead atoms. The molecule has 4 N–H and O–H groups in total. The summed E-state index contributed by atoms with van der Waals surface area (Å²) in [5, 5.41) is 11.5. The summed E-state index contributed by atoms with van der Waals surface area (Å²) >= 11 is 0. The molecule has 0 aromatic heterocycles. The number of carbonyl (C=O) groups excluding carboxylic acids is 2. The number of nitrogens with one attached hydrogen (secondary N) is 1. The zero-order chi connectivity index (χ0) is 15.3. The monoisotopic (exact) mass is 288 g/mol. The minimum absolute atomic E-state index is 0.0417. The van der Waals surface area contributed by atoms with Crippen LogP contribution < -0.4 is 11.1 Å². The number of aliphatic carboxylic acids is 1. The summed E-state index contributed by atoms with van der Waals surface area (Å²) in [7, 11) is 1.21. The number of carboxylic acids is 1. The number of rotatable bonds is 6. The molecule has 0 saturated carbocycles. The number of nitrogens with two attached hydrogens (primary N) is 1. The van der Waals surface area contributed by atoms with Gasteiger partial charge in [-0.1, -0.05) is 0 Å². The van der Waals surface area contributed by atoms with Gasteiger partial charge in [0, 0.05) is 12.5 Å². The summed E-state index contributed by atoms with van der Waals surface area (Å²) in [6, 6.07) is -1.65. The van der Waals surface area contributed by atoms with Crippen molar-refractivity contribution in [2.75, 3.05) is 20.3 Å². The van der Waals surface area contributed by atoms with Crippen molar-refractivity contribution in [2.24, 2.45) is 11.1 Å². The summed E-state index contributed by atoms with van der Waals surface area (Å²) in [6.07, 6.45) is -0.132. The van der Waals surface area contributed by atoms with Gasteiger partial charge in [0.05, 0.1) is 25.7 Å². The van der Waals surface area contributed by atoms with E-state index in [1.54, 1.807) is 6.92 Å². The molecule has 0 aliphatic carbocycles. The van der Waals surface area contributed by atoms with Crippen molar-refractivity contribution in [3.8, 4) is 0 Å². The van der Waals surface area contributed by atoms with E-state index in [1.807, 2.05) is 0 Å². The number of carboxylic acid groups (broad SMARTS) is 1. The highest BCUT2D eigenvalue weighted by Crippen LogP contribution is 2.27. The Morgan fingerprint density at radius 2 is 2.20 bits per heavy atom. The molecule has 1 aliphatic heterocycles. The first-order chi connectivity index (χ1) is 9.31. The van der Waals surface area contributed by atoms with Crippen molar-refractivity contribution < 1.29 is 29.0 Å². The maximum atomic E-state index is 12.2. The van der Waals surface area contributed by atoms with Gasteiger partial charge in [-0.15, -0.1) is 0 Å². The Labute approximate surface area is 116 Å². The van der Waals surface area contributed by atoms with Crippen LogP contribution in [0, 0.1) is 5.41 Å². The fourth-order valence-electron chi connectivity index (χ4n) is 1.87. The number of carbonyl (C=O) groups is 3. The zero-order valence-electron chi connectivity index (χ0n) is 11.5. The van der Waals surface area contributed by atoms with Crippen molar-refractivity contribution in [1.29, 1.82) is 0 Å². The number of hydrogen-bond donors (Lipinski definition) is 3. The van der Waals surface area contributed by atoms with E-state index in [-0.39, 0.29) is 26.1 Å². The molecule has 8 nitrogen and oxygen atoms in total. The van der Waals surface area contributed by atoms with Crippen LogP contribution in [0.4, 0.5) is 0 Å². The van der Waals surface area contributed by atoms with Crippen LogP contribution in [0.25, 0.3) is 0 Å². The fourth-order valence-corrected chi connectivity index (χ4v) is 1.87. The van der Waals surface area contributed by atoms with Crippen LogP contribution in [0.5, 0.6) is 0 Å². The van der Waals surface area contributed by atoms with Crippen LogP contribution in [0.2, 0.25) is 0 Å². The molecule has 1 aliphatic rings. The third-order valence-electron chi connectivity index (χ3n) is 3.50. The van der Waals surface area contributed by atoms with Crippen LogP contribution >= 0.6 is 0 Å². The molecule has 0 radical (unpaired) electrons. The Hall–Kier alpha value is -1.67. The highest BCUT2D eigenvalue weighted by molar-refractivity contribution is 5.88. The number of ether oxygens (including phenoxy) is 2. The van der Waals surface area contributed by atoms with Gasteiger partial charge in [-0.05, 0) is 13.3 Å². The van der Waals surface area contributed by atoms with E-state index in [2.05, 4.69) is 10.1 Å². The zero-order valence-corrected chi connectivity index (χ0v) is 11.5. The van der Waals surface area contributed by atoms with Gasteiger partial charge in [-0.25, -0.2) is 4.79 Å². The van der Waals surface area contributed by atoms with E-state index < -0.39 is 35.3 Å². The van der Waals surface area contributed by atoms with E-state index in [0.29, 0.717) is 0 Å². The number of methoxy groups -OCH3 is 1. The molecule has 0 aromatic carbocycles. The predicted molar refractivity (Wildman–Crippen MR) is 67.7 cm³/mol. The van der Waals surface area contributed by atoms with E-state index in [4.69, 9.17) is 15.6 Å². The first-order valence-electron chi connectivity index (χ1n) is 6.25. The van der Waals surface area contributed by atoms with Gasteiger partial charge >= 0.3 is 11.9 Å². The summed E-state index contributed by atoms with van der Waals surface area (Å²) in [5.74, 6) is -2.23. The summed E-state index contributed by atoms with van der Waals surface area (Å²) in [4.78, 5) is 34.3. The average Bonchev–Trinajstić information content (AvgIpc) is 2.74. The molecule has 1 fully saturated rings. The second-order valence-electron chi connectivity index (χ2n) is 5.02. The third-order valence-corrected chi connectivity index (χ3v) is 3.50. The van der Waals surface area contributed by atoms with Gasteiger partial charge in [0.1, 0.15) is 6.04 Å². The highest BCUT2D eigenvalue weighted by Gasteiger charge is 2.45. The molecular weight excluding hydrogens is 268 g/mol. The lowest BCUT2D eigenvalue weighted by molar-refractivity contribution is -0.145. The molecule has 1 rings (SSSR count). The van der Waals surface area contributed by atoms with Crippen molar-refractivity contribution >= 4 is 17.8 Å². The van der Waals surface area contributed by atoms with Crippen LogP contribution in [-0.2, 0) is 23.9 Å². The van der Waals surface area contributed by atoms with Gasteiger partial charge < -0.3 is 25.6 Å². The lowest BCUT2D eigenvalue weighted by Crippen LogP contribution is -2.54. The smallest absolute Gasteiger partial charge is 0.326 e. The Morgan fingerprint density at radius 1 is 1.55 bits per heavy atom. The number of esters is 1. The van der Waals surface area contributed by atoms with Crippen LogP contribution in [0.15, 0.2) is 0 Å². The highest BCUT2D eigenvalue weighted by atomic mass is 16.5. The third kappa shape index (κ3) is 3.67. The molecule has 1 heterocycles. The summed E-state index contributed by atoms with van der Waals surface area (Å²) in [6.45, 7) is 2.02. The van der Waals surface area contributed by atoms with Crippen LogP contribution in [0.3, 0.4) is 0 Å². The largest absolute Gasteiger partial charge is 0.480 e. The van der Waals surface area contributed by atoms with Crippen molar-refractivity contribution in [1.82, 2.24) is 5.32 Å². The van der Waals surface area contributed by atoms with Crippen LogP contribution in [-0.4, -0.2) is 55.4 Å². The van der Waals surface area contributed by atoms with Gasteiger partial charge in [-0.3, -0.25) is 9.59 Å². The normalized spacial score (nSPS) is 26.9. The molecule has 3 atom stereocenters. The second kappa shape index (κ2) is 6.67. The maximum absolute atomic E-state index is 12.2. The Bertz CT molecular complexity index is 399. The van der Waals surface area contributed by atoms with E-state index in [9.17, 15) is 14.4 Å². The minimum Gasteiger partial charge on any atom is -0.480 e. The van der Waals surface area contributed by atoms with Gasteiger partial charge in [0.2, 0.25) is 5.91 Å². The maximum Gasteiger partial charge on any atom is 0.326 e. The minimum atomic E-state index is -1.21. The molecule has 8 heteroatoms. The Kier molecular flexibility index (Phi) is 5.46. The molecule has 1 amide bonds. The topological polar surface area (TPSA) is 128 Å². The van der Waals surface area contributed by atoms with Gasteiger partial charge in [0.25, 0.3) is 0 Å². The number of amides is 1. The summed E-state index contributed by atoms with van der Waals surface area (Å²) < 4.78 is 9.58. The average molecular weight is 288 g/mol. The standard InChI is InChI=1S/C12H20N2O6/c1-12(6-20-5-8(12)13)11(18)14-7(10(16)17)3-4-9(15)19-2/h7-8H,3-6,13H2,1-2H3,(H,14,18)(H,16,17)/t7-,8?,12?/m1/s1. The van der Waals surface area contributed by atoms with Crippen LogP contribution in [0.1, 0.15) is 19.8 Å². The summed E-state index contributed by atoms with van der Waals surface area (Å²) in [5.41, 5.74) is 4.84. The fraction of sp³-hybridized carbons (Fsp3) is 0.750. The number of hydrogen-bond acceptors (Lipinski definition) is 6. The quantitative estimate of drug-likeness (QED) is 0.528. The molecule has 1 saturated heterocycles. The molecule has 20 heavy (non-hydrogen) atoms. The SMILES string of the molecule is COC(=O)CC[C@@H](NC(=O)C1(C)COCC1N)C(=O)O. The van der Waals surface area contributed by atoms with E-state index >= 15 is 0 Å². The molecular formula is C12H20N2O6. The first kappa shape index (κ1) is 16.4. The molecule has 0 aromatic rings. The van der Waals surface area contributed by atoms with Crippen molar-refractivity contribution in [3.63, 3.8) is 0 Å². The van der Waals surface area contributed by atoms with Crippen molar-refractivity contribution in [3.05, 3.63) is 0 Å². The second-order valence-corrected chi connectivity index (χ2v) is 5.02. The molecule has 114 valence electrons. The Balaban J connectivity index is 2.63. The first-order valence-corrected chi connectivity index (χ1v) is 6.25. The van der Waals surface area contributed by atoms with E-state index in [0.717, 1.165) is 0 Å². The Morgan fingerprint density at radius 3 is 2.65 bits per heavy atom. The van der Waals surface area contributed by atoms with Crippen molar-refractivity contribution in [2.45, 2.75) is 31.8 Å². The lowest BCUT2D eigenvalue weighted by Gasteiger charge is -2.27.